The van der Waals surface area contributed by atoms with Gasteiger partial charge in [0, 0.05) is 35.9 Å². The molecule has 0 bridgehead atoms. The van der Waals surface area contributed by atoms with Crippen LogP contribution in [0.2, 0.25) is 0 Å². The van der Waals surface area contributed by atoms with Crippen LogP contribution in [0.25, 0.3) is 0 Å². The molecular weight excluding hydrogens is 443 g/mol. The molecule has 1 aliphatic heterocycles. The molecule has 2 unspecified atom stereocenters. The van der Waals surface area contributed by atoms with Crippen molar-refractivity contribution in [3.05, 3.63) is 29.1 Å². The zero-order chi connectivity index (χ0) is 25.1. The molecule has 1 fully saturated rings. The van der Waals surface area contributed by atoms with Gasteiger partial charge in [0.2, 0.25) is 0 Å². The van der Waals surface area contributed by atoms with Gasteiger partial charge in [0.05, 0.1) is 30.5 Å². The van der Waals surface area contributed by atoms with E-state index in [1.807, 2.05) is 26.8 Å². The number of hydrogen-bond donors (Lipinski definition) is 1. The molecule has 1 saturated carbocycles. The first-order valence-corrected chi connectivity index (χ1v) is 12.3. The summed E-state index contributed by atoms with van der Waals surface area (Å²) in [5.74, 6) is 0. The van der Waals surface area contributed by atoms with Crippen LogP contribution < -0.4 is 0 Å². The van der Waals surface area contributed by atoms with Crippen LogP contribution in [0.1, 0.15) is 77.1 Å². The first kappa shape index (κ1) is 26.7. The average molecular weight is 482 g/mol. The number of aromatic nitrogens is 1. The second kappa shape index (κ2) is 10.8. The Bertz CT molecular complexity index is 940. The van der Waals surface area contributed by atoms with Crippen molar-refractivity contribution in [2.45, 2.75) is 102 Å². The van der Waals surface area contributed by atoms with E-state index in [0.29, 0.717) is 17.8 Å². The highest BCUT2D eigenvalue weighted by atomic mass is 19.4. The monoisotopic (exact) mass is 481 g/mol. The Kier molecular flexibility index (Phi) is 8.45. The van der Waals surface area contributed by atoms with Crippen LogP contribution in [0.4, 0.5) is 18.9 Å². The summed E-state index contributed by atoms with van der Waals surface area (Å²) in [6.07, 6.45) is 3.41. The van der Waals surface area contributed by atoms with Crippen molar-refractivity contribution < 1.29 is 23.0 Å². The molecule has 8 heteroatoms. The Labute approximate surface area is 200 Å². The summed E-state index contributed by atoms with van der Waals surface area (Å²) in [6, 6.07) is 1.25. The van der Waals surface area contributed by atoms with Gasteiger partial charge >= 0.3 is 6.18 Å². The zero-order valence-electron chi connectivity index (χ0n) is 21.0. The summed E-state index contributed by atoms with van der Waals surface area (Å²) in [5.41, 5.74) is 1.48. The first-order valence-electron chi connectivity index (χ1n) is 12.3. The highest BCUT2D eigenvalue weighted by molar-refractivity contribution is 6.16. The third kappa shape index (κ3) is 5.33. The van der Waals surface area contributed by atoms with E-state index in [4.69, 9.17) is 9.73 Å². The lowest BCUT2D eigenvalue weighted by atomic mass is 9.66. The molecule has 34 heavy (non-hydrogen) atoms. The summed E-state index contributed by atoms with van der Waals surface area (Å²) in [7, 11) is 1.69. The van der Waals surface area contributed by atoms with E-state index in [9.17, 15) is 18.3 Å². The third-order valence-corrected chi connectivity index (χ3v) is 7.14. The van der Waals surface area contributed by atoms with E-state index in [-0.39, 0.29) is 43.4 Å². The molecule has 0 aromatic carbocycles. The Morgan fingerprint density at radius 2 is 2.06 bits per heavy atom. The number of aliphatic hydroxyl groups excluding tert-OH is 1. The van der Waals surface area contributed by atoms with Gasteiger partial charge in [-0.05, 0) is 65.4 Å². The Hall–Kier alpha value is -1.93. The molecule has 2 heterocycles. The van der Waals surface area contributed by atoms with Gasteiger partial charge in [-0.3, -0.25) is 9.98 Å². The maximum Gasteiger partial charge on any atom is 0.399 e. The number of hydrogen-bond acceptors (Lipinski definition) is 4. The molecule has 0 saturated heterocycles. The van der Waals surface area contributed by atoms with Crippen molar-refractivity contribution in [1.29, 1.82) is 0 Å². The second-order valence-corrected chi connectivity index (χ2v) is 9.76. The molecule has 1 aliphatic carbocycles. The van der Waals surface area contributed by atoms with Gasteiger partial charge in [-0.15, -0.1) is 0 Å². The number of ether oxygens (including phenoxy) is 1. The SMILES string of the molecule is CC/C=C(/C=Nc1cc(C2(C(F)(F)F)CCC2)n(C)c1C)C1=NC(CO)C(OC(C)C)CCC1. The standard InChI is InChI=1S/C26H38F3N3O2/c1-6-9-19(20-10-7-11-23(34-17(2)3)22(16-33)31-20)15-30-21-14-24(32(5)18(21)4)25(12-8-13-25)26(27,28)29/h9,14-15,17,22-23,33H,6-8,10-13,16H2,1-5H3/b19-9-,30-15?. The van der Waals surface area contributed by atoms with Crippen LogP contribution in [0.5, 0.6) is 0 Å². The summed E-state index contributed by atoms with van der Waals surface area (Å²) in [6.45, 7) is 7.68. The summed E-state index contributed by atoms with van der Waals surface area (Å²) >= 11 is 0. The van der Waals surface area contributed by atoms with E-state index in [1.165, 1.54) is 0 Å². The minimum Gasteiger partial charge on any atom is -0.394 e. The normalized spacial score (nSPS) is 23.8. The fourth-order valence-electron chi connectivity index (χ4n) is 4.99. The van der Waals surface area contributed by atoms with Gasteiger partial charge in [0.1, 0.15) is 5.41 Å². The first-order chi connectivity index (χ1) is 16.0. The molecule has 1 aromatic rings. The van der Waals surface area contributed by atoms with Crippen molar-refractivity contribution in [3.8, 4) is 0 Å². The minimum atomic E-state index is -4.28. The molecule has 5 nitrogen and oxygen atoms in total. The van der Waals surface area contributed by atoms with Crippen LogP contribution in [0.3, 0.4) is 0 Å². The van der Waals surface area contributed by atoms with Crippen LogP contribution in [-0.2, 0) is 17.2 Å². The lowest BCUT2D eigenvalue weighted by molar-refractivity contribution is -0.214. The molecule has 1 N–H and O–H groups in total. The van der Waals surface area contributed by atoms with Crippen molar-refractivity contribution in [1.82, 2.24) is 4.57 Å². The molecular formula is C26H38F3N3O2. The van der Waals surface area contributed by atoms with E-state index < -0.39 is 11.6 Å². The van der Waals surface area contributed by atoms with Crippen LogP contribution in [0.15, 0.2) is 27.7 Å². The van der Waals surface area contributed by atoms with Crippen molar-refractivity contribution in [2.24, 2.45) is 17.0 Å². The lowest BCUT2D eigenvalue weighted by Gasteiger charge is -2.43. The number of aliphatic hydroxyl groups is 1. The molecule has 0 radical (unpaired) electrons. The number of halogens is 3. The Morgan fingerprint density at radius 3 is 2.59 bits per heavy atom. The molecule has 1 aromatic heterocycles. The van der Waals surface area contributed by atoms with Crippen LogP contribution in [-0.4, -0.2) is 52.6 Å². The van der Waals surface area contributed by atoms with E-state index in [2.05, 4.69) is 4.99 Å². The molecule has 3 rings (SSSR count). The van der Waals surface area contributed by atoms with Crippen molar-refractivity contribution >= 4 is 17.6 Å². The van der Waals surface area contributed by atoms with Crippen LogP contribution in [0, 0.1) is 6.92 Å². The highest BCUT2D eigenvalue weighted by Gasteiger charge is 2.60. The Balaban J connectivity index is 1.91. The fourth-order valence-corrected chi connectivity index (χ4v) is 4.99. The number of allylic oxidation sites excluding steroid dienone is 2. The molecule has 2 atom stereocenters. The van der Waals surface area contributed by atoms with Gasteiger partial charge in [-0.25, -0.2) is 0 Å². The quantitative estimate of drug-likeness (QED) is 0.454. The van der Waals surface area contributed by atoms with Gasteiger partial charge in [0.25, 0.3) is 0 Å². The lowest BCUT2D eigenvalue weighted by Crippen LogP contribution is -2.49. The summed E-state index contributed by atoms with van der Waals surface area (Å²) < 4.78 is 49.4. The number of rotatable bonds is 8. The smallest absolute Gasteiger partial charge is 0.394 e. The van der Waals surface area contributed by atoms with Gasteiger partial charge < -0.3 is 14.4 Å². The van der Waals surface area contributed by atoms with Gasteiger partial charge in [-0.2, -0.15) is 13.2 Å². The predicted molar refractivity (Wildman–Crippen MR) is 130 cm³/mol. The molecule has 0 spiro atoms. The zero-order valence-corrected chi connectivity index (χ0v) is 21.0. The number of aliphatic imine (C=N–C) groups is 2. The maximum atomic E-state index is 13.9. The van der Waals surface area contributed by atoms with Gasteiger partial charge in [-0.1, -0.05) is 19.4 Å². The number of nitrogens with zero attached hydrogens (tertiary/aromatic N) is 3. The maximum absolute atomic E-state index is 13.9. The third-order valence-electron chi connectivity index (χ3n) is 7.14. The van der Waals surface area contributed by atoms with E-state index >= 15 is 0 Å². The van der Waals surface area contributed by atoms with Gasteiger partial charge in [0.15, 0.2) is 0 Å². The molecule has 2 aliphatic rings. The van der Waals surface area contributed by atoms with Crippen LogP contribution >= 0.6 is 0 Å². The largest absolute Gasteiger partial charge is 0.399 e. The summed E-state index contributed by atoms with van der Waals surface area (Å²) in [4.78, 5) is 9.46. The average Bonchev–Trinajstić information content (AvgIpc) is 2.88. The molecule has 190 valence electrons. The summed E-state index contributed by atoms with van der Waals surface area (Å²) in [5, 5.41) is 9.94. The minimum absolute atomic E-state index is 0.0499. The van der Waals surface area contributed by atoms with E-state index in [0.717, 1.165) is 37.0 Å². The van der Waals surface area contributed by atoms with E-state index in [1.54, 1.807) is 30.8 Å². The highest BCUT2D eigenvalue weighted by Crippen LogP contribution is 2.55. The fraction of sp³-hybridized carbons (Fsp3) is 0.692. The molecule has 0 amide bonds. The van der Waals surface area contributed by atoms with Crippen molar-refractivity contribution in [2.75, 3.05) is 6.61 Å². The van der Waals surface area contributed by atoms with Crippen molar-refractivity contribution in [3.63, 3.8) is 0 Å². The second-order valence-electron chi connectivity index (χ2n) is 9.76. The topological polar surface area (TPSA) is 59.1 Å². The number of alkyl halides is 3. The predicted octanol–water partition coefficient (Wildman–Crippen LogP) is 6.14. The Morgan fingerprint density at radius 1 is 1.35 bits per heavy atom.